The largest absolute Gasteiger partial charge is 0.493 e. The molecule has 11 heteroatoms. The van der Waals surface area contributed by atoms with E-state index in [9.17, 15) is 14.0 Å². The molecule has 0 aliphatic heterocycles. The smallest absolute Gasteiger partial charge is 0.352 e. The number of aryl methyl sites for hydroxylation is 2. The van der Waals surface area contributed by atoms with Crippen LogP contribution in [0.5, 0.6) is 11.5 Å². The molecule has 0 aliphatic carbocycles. The van der Waals surface area contributed by atoms with Gasteiger partial charge >= 0.3 is 5.69 Å². The molecule has 0 unspecified atom stereocenters. The Hall–Kier alpha value is -3.63. The van der Waals surface area contributed by atoms with Crippen LogP contribution in [0.1, 0.15) is 11.1 Å². The van der Waals surface area contributed by atoms with E-state index >= 15 is 0 Å². The number of ether oxygens (including phenoxy) is 2. The highest BCUT2D eigenvalue weighted by molar-refractivity contribution is 7.17. The summed E-state index contributed by atoms with van der Waals surface area (Å²) in [4.78, 5) is 26.6. The zero-order valence-corrected chi connectivity index (χ0v) is 20.4. The summed E-state index contributed by atoms with van der Waals surface area (Å²) in [7, 11) is 3.12. The van der Waals surface area contributed by atoms with Gasteiger partial charge in [0.1, 0.15) is 10.5 Å². The number of fused-ring (bicyclic) bond motifs is 3. The predicted octanol–water partition coefficient (Wildman–Crippen LogP) is 3.97. The Bertz CT molecular complexity index is 1670. The number of thiophene rings is 1. The van der Waals surface area contributed by atoms with Crippen molar-refractivity contribution in [1.82, 2.24) is 18.7 Å². The van der Waals surface area contributed by atoms with E-state index in [1.807, 2.05) is 12.1 Å². The normalized spacial score (nSPS) is 11.4. The van der Waals surface area contributed by atoms with Crippen molar-refractivity contribution in [1.29, 1.82) is 0 Å². The Labute approximate surface area is 207 Å². The lowest BCUT2D eigenvalue weighted by atomic mass is 10.1. The molecule has 0 spiro atoms. The van der Waals surface area contributed by atoms with Gasteiger partial charge < -0.3 is 9.47 Å². The van der Waals surface area contributed by atoms with Crippen LogP contribution in [0.4, 0.5) is 4.39 Å². The lowest BCUT2D eigenvalue weighted by molar-refractivity contribution is 0.354. The van der Waals surface area contributed by atoms with Crippen molar-refractivity contribution in [2.24, 2.45) is 0 Å². The van der Waals surface area contributed by atoms with E-state index in [0.717, 1.165) is 10.2 Å². The molecule has 180 valence electrons. The fraction of sp³-hybridized carbons (Fsp3) is 0.208. The van der Waals surface area contributed by atoms with Crippen molar-refractivity contribution < 1.29 is 13.9 Å². The van der Waals surface area contributed by atoms with Crippen LogP contribution in [0.25, 0.3) is 16.0 Å². The minimum Gasteiger partial charge on any atom is -0.493 e. The topological polar surface area (TPSA) is 79.8 Å². The SMILES string of the molecule is COc1ccc(CCn2c(=O)c3sccc3n3c(=O)n(Cc4c(F)cccc4Cl)nc23)cc1OC. The minimum atomic E-state index is -0.534. The van der Waals surface area contributed by atoms with Gasteiger partial charge in [-0.3, -0.25) is 9.36 Å². The Balaban J connectivity index is 1.61. The molecule has 0 saturated carbocycles. The molecular formula is C24H20ClFN4O4S. The van der Waals surface area contributed by atoms with Gasteiger partial charge in [0.2, 0.25) is 5.78 Å². The van der Waals surface area contributed by atoms with Gasteiger partial charge in [0, 0.05) is 17.1 Å². The van der Waals surface area contributed by atoms with Crippen molar-refractivity contribution in [3.63, 3.8) is 0 Å². The fourth-order valence-corrected chi connectivity index (χ4v) is 5.10. The lowest BCUT2D eigenvalue weighted by Crippen LogP contribution is -2.26. The summed E-state index contributed by atoms with van der Waals surface area (Å²) >= 11 is 7.42. The zero-order chi connectivity index (χ0) is 24.7. The van der Waals surface area contributed by atoms with Crippen LogP contribution in [0, 0.1) is 5.82 Å². The van der Waals surface area contributed by atoms with Crippen LogP contribution in [0.3, 0.4) is 0 Å². The van der Waals surface area contributed by atoms with Crippen LogP contribution in [-0.2, 0) is 19.5 Å². The van der Waals surface area contributed by atoms with Crippen LogP contribution in [0.2, 0.25) is 5.02 Å². The summed E-state index contributed by atoms with van der Waals surface area (Å²) in [6.07, 6.45) is 0.479. The van der Waals surface area contributed by atoms with Gasteiger partial charge in [-0.25, -0.2) is 18.3 Å². The van der Waals surface area contributed by atoms with E-state index in [4.69, 9.17) is 21.1 Å². The molecule has 8 nitrogen and oxygen atoms in total. The number of halogens is 2. The third kappa shape index (κ3) is 3.98. The van der Waals surface area contributed by atoms with E-state index < -0.39 is 11.5 Å². The summed E-state index contributed by atoms with van der Waals surface area (Å²) in [5.41, 5.74) is 0.805. The Morgan fingerprint density at radius 2 is 1.89 bits per heavy atom. The molecule has 2 aromatic carbocycles. The van der Waals surface area contributed by atoms with Crippen LogP contribution in [0.15, 0.2) is 57.4 Å². The van der Waals surface area contributed by atoms with Gasteiger partial charge in [0.15, 0.2) is 11.5 Å². The predicted molar refractivity (Wildman–Crippen MR) is 133 cm³/mol. The maximum Gasteiger partial charge on any atom is 0.352 e. The third-order valence-electron chi connectivity index (χ3n) is 5.83. The molecule has 0 aliphatic rings. The van der Waals surface area contributed by atoms with Crippen LogP contribution >= 0.6 is 22.9 Å². The van der Waals surface area contributed by atoms with Gasteiger partial charge in [-0.1, -0.05) is 23.7 Å². The second-order valence-electron chi connectivity index (χ2n) is 7.81. The fourth-order valence-electron chi connectivity index (χ4n) is 4.05. The number of hydrogen-bond acceptors (Lipinski definition) is 6. The molecule has 0 radical (unpaired) electrons. The van der Waals surface area contributed by atoms with Crippen molar-refractivity contribution in [3.8, 4) is 11.5 Å². The summed E-state index contributed by atoms with van der Waals surface area (Å²) in [6, 6.07) is 11.6. The first-order valence-electron chi connectivity index (χ1n) is 10.7. The van der Waals surface area contributed by atoms with Crippen LogP contribution < -0.4 is 20.7 Å². The molecule has 5 rings (SSSR count). The molecule has 3 aromatic heterocycles. The van der Waals surface area contributed by atoms with E-state index in [-0.39, 0.29) is 35.0 Å². The lowest BCUT2D eigenvalue weighted by Gasteiger charge is -2.11. The number of benzene rings is 2. The van der Waals surface area contributed by atoms with Crippen molar-refractivity contribution >= 4 is 38.9 Å². The standard InChI is InChI=1S/C24H20ClFN4O4S/c1-33-19-7-6-14(12-20(19)34-2)8-10-28-22(31)21-18(9-11-35-21)30-23(28)27-29(24(30)32)13-15-16(25)4-3-5-17(15)26/h3-7,9,11-12H,8,10,13H2,1-2H3. The molecule has 3 heterocycles. The zero-order valence-electron chi connectivity index (χ0n) is 18.8. The molecule has 0 N–H and O–H groups in total. The quantitative estimate of drug-likeness (QED) is 0.328. The highest BCUT2D eigenvalue weighted by Crippen LogP contribution is 2.28. The molecule has 35 heavy (non-hydrogen) atoms. The average molecular weight is 515 g/mol. The highest BCUT2D eigenvalue weighted by Gasteiger charge is 2.20. The van der Waals surface area contributed by atoms with Crippen molar-refractivity contribution in [3.05, 3.63) is 90.6 Å². The monoisotopic (exact) mass is 514 g/mol. The van der Waals surface area contributed by atoms with E-state index in [1.165, 1.54) is 32.4 Å². The van der Waals surface area contributed by atoms with Crippen LogP contribution in [-0.4, -0.2) is 33.0 Å². The second kappa shape index (κ2) is 9.20. The number of methoxy groups -OCH3 is 2. The molecule has 5 aromatic rings. The summed E-state index contributed by atoms with van der Waals surface area (Å²) in [5, 5.41) is 6.36. The molecule has 0 atom stereocenters. The number of aromatic nitrogens is 4. The Morgan fingerprint density at radius 1 is 1.09 bits per heavy atom. The van der Waals surface area contributed by atoms with Gasteiger partial charge in [-0.15, -0.1) is 16.4 Å². The highest BCUT2D eigenvalue weighted by atomic mass is 35.5. The first kappa shape index (κ1) is 23.1. The Kier molecular flexibility index (Phi) is 6.08. The summed E-state index contributed by atoms with van der Waals surface area (Å²) < 4.78 is 29.5. The van der Waals surface area contributed by atoms with E-state index in [0.29, 0.717) is 28.1 Å². The molecule has 0 saturated heterocycles. The molecule has 0 fully saturated rings. The maximum atomic E-state index is 14.4. The van der Waals surface area contributed by atoms with Crippen molar-refractivity contribution in [2.75, 3.05) is 14.2 Å². The second-order valence-corrected chi connectivity index (χ2v) is 9.13. The first-order valence-corrected chi connectivity index (χ1v) is 11.9. The van der Waals surface area contributed by atoms with E-state index in [2.05, 4.69) is 5.10 Å². The average Bonchev–Trinajstić information content (AvgIpc) is 3.46. The number of hydrogen-bond donors (Lipinski definition) is 0. The third-order valence-corrected chi connectivity index (χ3v) is 7.08. The first-order chi connectivity index (χ1) is 16.9. The minimum absolute atomic E-state index is 0.153. The number of rotatable bonds is 7. The molecule has 0 bridgehead atoms. The molecule has 0 amide bonds. The molecular weight excluding hydrogens is 495 g/mol. The van der Waals surface area contributed by atoms with Gasteiger partial charge in [-0.2, -0.15) is 0 Å². The summed E-state index contributed by atoms with van der Waals surface area (Å²) in [6.45, 7) is 0.101. The van der Waals surface area contributed by atoms with Gasteiger partial charge in [-0.05, 0) is 47.7 Å². The number of nitrogens with zero attached hydrogens (tertiary/aromatic N) is 4. The summed E-state index contributed by atoms with van der Waals surface area (Å²) in [5.74, 6) is 0.832. The van der Waals surface area contributed by atoms with E-state index in [1.54, 1.807) is 37.8 Å². The van der Waals surface area contributed by atoms with Gasteiger partial charge in [0.05, 0.1) is 26.3 Å². The Morgan fingerprint density at radius 3 is 2.63 bits per heavy atom. The van der Waals surface area contributed by atoms with Crippen molar-refractivity contribution in [2.45, 2.75) is 19.5 Å². The van der Waals surface area contributed by atoms with Gasteiger partial charge in [0.25, 0.3) is 5.56 Å². The maximum absolute atomic E-state index is 14.4.